The van der Waals surface area contributed by atoms with Crippen molar-refractivity contribution in [3.05, 3.63) is 33.6 Å². The summed E-state index contributed by atoms with van der Waals surface area (Å²) in [6.07, 6.45) is 4.69. The third-order valence-corrected chi connectivity index (χ3v) is 5.06. The van der Waals surface area contributed by atoms with E-state index in [0.29, 0.717) is 10.0 Å². The monoisotopic (exact) mass is 353 g/mol. The lowest BCUT2D eigenvalue weighted by atomic mass is 9.89. The second-order valence-electron chi connectivity index (χ2n) is 5.65. The van der Waals surface area contributed by atoms with Crippen LogP contribution in [0.5, 0.6) is 0 Å². The standard InChI is InChI=1S/C16H17Cl2N3S/c1-10-3-2-4-12(7-10)20-21-16-19-15(9-22-16)13-6-5-11(17)8-14(13)18/h5-6,8-10H,2-4,7H2,1H3,(H,19,21)/b20-12-/t10-/m1/s1. The van der Waals surface area contributed by atoms with Gasteiger partial charge in [0.25, 0.3) is 0 Å². The predicted molar refractivity (Wildman–Crippen MR) is 96.3 cm³/mol. The van der Waals surface area contributed by atoms with E-state index in [4.69, 9.17) is 23.2 Å². The van der Waals surface area contributed by atoms with Crippen LogP contribution in [0.25, 0.3) is 11.3 Å². The molecule has 3 rings (SSSR count). The largest absolute Gasteiger partial charge is 0.253 e. The summed E-state index contributed by atoms with van der Waals surface area (Å²) < 4.78 is 0. The van der Waals surface area contributed by atoms with Gasteiger partial charge in [-0.2, -0.15) is 5.10 Å². The number of nitrogens with zero attached hydrogens (tertiary/aromatic N) is 2. The summed E-state index contributed by atoms with van der Waals surface area (Å²) in [5, 5.41) is 8.50. The first-order chi connectivity index (χ1) is 10.6. The van der Waals surface area contributed by atoms with Crippen molar-refractivity contribution in [3.8, 4) is 11.3 Å². The van der Waals surface area contributed by atoms with Gasteiger partial charge in [0, 0.05) is 21.7 Å². The Balaban J connectivity index is 1.72. The van der Waals surface area contributed by atoms with Gasteiger partial charge in [-0.15, -0.1) is 11.3 Å². The molecule has 1 aliphatic rings. The fourth-order valence-electron chi connectivity index (χ4n) is 2.64. The topological polar surface area (TPSA) is 37.3 Å². The average molecular weight is 354 g/mol. The highest BCUT2D eigenvalue weighted by Gasteiger charge is 2.14. The number of aromatic nitrogens is 1. The SMILES string of the molecule is C[C@@H]1CCC/C(=N/Nc2nc(-c3ccc(Cl)cc3Cl)cs2)C1. The number of rotatable bonds is 3. The number of benzene rings is 1. The van der Waals surface area contributed by atoms with E-state index in [1.54, 1.807) is 6.07 Å². The maximum absolute atomic E-state index is 6.22. The van der Waals surface area contributed by atoms with Gasteiger partial charge in [0.15, 0.2) is 0 Å². The molecular formula is C16H17Cl2N3S. The molecule has 0 spiro atoms. The molecule has 6 heteroatoms. The zero-order valence-corrected chi connectivity index (χ0v) is 14.6. The summed E-state index contributed by atoms with van der Waals surface area (Å²) in [4.78, 5) is 4.55. The maximum Gasteiger partial charge on any atom is 0.203 e. The van der Waals surface area contributed by atoms with Crippen LogP contribution < -0.4 is 5.43 Å². The van der Waals surface area contributed by atoms with Gasteiger partial charge < -0.3 is 0 Å². The summed E-state index contributed by atoms with van der Waals surface area (Å²) in [5.41, 5.74) is 6.04. The number of thiazole rings is 1. The lowest BCUT2D eigenvalue weighted by Crippen LogP contribution is -2.13. The molecule has 0 amide bonds. The smallest absolute Gasteiger partial charge is 0.203 e. The van der Waals surface area contributed by atoms with Crippen LogP contribution in [0.1, 0.15) is 32.6 Å². The summed E-state index contributed by atoms with van der Waals surface area (Å²) in [7, 11) is 0. The summed E-state index contributed by atoms with van der Waals surface area (Å²) in [6.45, 7) is 2.28. The molecule has 0 radical (unpaired) electrons. The Labute approximate surface area is 144 Å². The summed E-state index contributed by atoms with van der Waals surface area (Å²) in [6, 6.07) is 5.44. The second kappa shape index (κ2) is 6.99. The quantitative estimate of drug-likeness (QED) is 0.677. The normalized spacial score (nSPS) is 20.3. The van der Waals surface area contributed by atoms with Crippen LogP contribution in [0.4, 0.5) is 5.13 Å². The first kappa shape index (κ1) is 15.8. The molecule has 1 aliphatic carbocycles. The van der Waals surface area contributed by atoms with Crippen molar-refractivity contribution in [1.29, 1.82) is 0 Å². The van der Waals surface area contributed by atoms with Crippen LogP contribution in [-0.4, -0.2) is 10.7 Å². The van der Waals surface area contributed by atoms with Crippen LogP contribution >= 0.6 is 34.5 Å². The van der Waals surface area contributed by atoms with E-state index in [1.165, 1.54) is 29.9 Å². The summed E-state index contributed by atoms with van der Waals surface area (Å²) >= 11 is 13.7. The van der Waals surface area contributed by atoms with E-state index >= 15 is 0 Å². The number of halogens is 2. The van der Waals surface area contributed by atoms with Crippen molar-refractivity contribution in [2.24, 2.45) is 11.0 Å². The number of hydrazone groups is 1. The molecule has 1 heterocycles. The number of hydrogen-bond donors (Lipinski definition) is 1. The van der Waals surface area contributed by atoms with E-state index in [9.17, 15) is 0 Å². The van der Waals surface area contributed by atoms with Gasteiger partial charge in [0.2, 0.25) is 5.13 Å². The molecule has 1 fully saturated rings. The van der Waals surface area contributed by atoms with Gasteiger partial charge in [-0.3, -0.25) is 5.43 Å². The van der Waals surface area contributed by atoms with Crippen molar-refractivity contribution in [2.75, 3.05) is 5.43 Å². The van der Waals surface area contributed by atoms with Crippen LogP contribution in [0.3, 0.4) is 0 Å². The van der Waals surface area contributed by atoms with Gasteiger partial charge >= 0.3 is 0 Å². The van der Waals surface area contributed by atoms with Crippen molar-refractivity contribution in [3.63, 3.8) is 0 Å². The Bertz CT molecular complexity index is 696. The molecule has 1 N–H and O–H groups in total. The van der Waals surface area contributed by atoms with E-state index < -0.39 is 0 Å². The molecular weight excluding hydrogens is 337 g/mol. The number of anilines is 1. The molecule has 0 bridgehead atoms. The molecule has 2 aromatic rings. The average Bonchev–Trinajstić information content (AvgIpc) is 2.94. The Kier molecular flexibility index (Phi) is 5.01. The molecule has 22 heavy (non-hydrogen) atoms. The maximum atomic E-state index is 6.22. The van der Waals surface area contributed by atoms with Gasteiger partial charge in [0.1, 0.15) is 0 Å². The lowest BCUT2D eigenvalue weighted by molar-refractivity contribution is 0.500. The third-order valence-electron chi connectivity index (χ3n) is 3.77. The second-order valence-corrected chi connectivity index (χ2v) is 7.36. The molecule has 0 aliphatic heterocycles. The predicted octanol–water partition coefficient (Wildman–Crippen LogP) is 6.09. The first-order valence-corrected chi connectivity index (χ1v) is 8.98. The van der Waals surface area contributed by atoms with Crippen molar-refractivity contribution >= 4 is 45.4 Å². The molecule has 1 aromatic carbocycles. The van der Waals surface area contributed by atoms with E-state index in [2.05, 4.69) is 22.4 Å². The Morgan fingerprint density at radius 2 is 2.23 bits per heavy atom. The Hall–Kier alpha value is -1.10. The number of hydrogen-bond acceptors (Lipinski definition) is 4. The van der Waals surface area contributed by atoms with Crippen LogP contribution in [0.15, 0.2) is 28.7 Å². The Morgan fingerprint density at radius 1 is 1.36 bits per heavy atom. The highest BCUT2D eigenvalue weighted by molar-refractivity contribution is 7.14. The van der Waals surface area contributed by atoms with Crippen molar-refractivity contribution in [2.45, 2.75) is 32.6 Å². The molecule has 1 saturated carbocycles. The zero-order valence-electron chi connectivity index (χ0n) is 12.3. The molecule has 3 nitrogen and oxygen atoms in total. The first-order valence-electron chi connectivity index (χ1n) is 7.34. The molecule has 116 valence electrons. The highest BCUT2D eigenvalue weighted by Crippen LogP contribution is 2.32. The minimum atomic E-state index is 0.608. The van der Waals surface area contributed by atoms with E-state index in [-0.39, 0.29) is 0 Å². The fraction of sp³-hybridized carbons (Fsp3) is 0.375. The van der Waals surface area contributed by atoms with Crippen LogP contribution in [0, 0.1) is 5.92 Å². The summed E-state index contributed by atoms with van der Waals surface area (Å²) in [5.74, 6) is 0.731. The van der Waals surface area contributed by atoms with Crippen LogP contribution in [-0.2, 0) is 0 Å². The number of nitrogens with one attached hydrogen (secondary N) is 1. The van der Waals surface area contributed by atoms with E-state index in [1.807, 2.05) is 17.5 Å². The van der Waals surface area contributed by atoms with Crippen LogP contribution in [0.2, 0.25) is 10.0 Å². The van der Waals surface area contributed by atoms with Gasteiger partial charge in [0.05, 0.1) is 10.7 Å². The van der Waals surface area contributed by atoms with Gasteiger partial charge in [-0.25, -0.2) is 4.98 Å². The van der Waals surface area contributed by atoms with Gasteiger partial charge in [-0.05, 0) is 49.8 Å². The highest BCUT2D eigenvalue weighted by atomic mass is 35.5. The molecule has 1 aromatic heterocycles. The lowest BCUT2D eigenvalue weighted by Gasteiger charge is -2.18. The van der Waals surface area contributed by atoms with Gasteiger partial charge in [-0.1, -0.05) is 30.1 Å². The molecule has 1 atom stereocenters. The Morgan fingerprint density at radius 3 is 3.00 bits per heavy atom. The van der Waals surface area contributed by atoms with E-state index in [0.717, 1.165) is 35.1 Å². The minimum absolute atomic E-state index is 0.608. The third kappa shape index (κ3) is 3.80. The van der Waals surface area contributed by atoms with Crippen molar-refractivity contribution in [1.82, 2.24) is 4.98 Å². The molecule has 0 unspecified atom stereocenters. The fourth-order valence-corrected chi connectivity index (χ4v) is 3.79. The molecule has 0 saturated heterocycles. The minimum Gasteiger partial charge on any atom is -0.253 e. The van der Waals surface area contributed by atoms with Crippen molar-refractivity contribution < 1.29 is 0 Å². The zero-order chi connectivity index (χ0) is 15.5.